The molecule has 1 saturated heterocycles. The summed E-state index contributed by atoms with van der Waals surface area (Å²) >= 11 is 0. The van der Waals surface area contributed by atoms with Crippen molar-refractivity contribution in [3.8, 4) is 22.8 Å². The Morgan fingerprint density at radius 2 is 1.81 bits per heavy atom. The van der Waals surface area contributed by atoms with Gasteiger partial charge in [-0.25, -0.2) is 13.4 Å². The molecule has 58 heavy (non-hydrogen) atoms. The Hall–Kier alpha value is -4.75. The van der Waals surface area contributed by atoms with Crippen molar-refractivity contribution < 1.29 is 32.3 Å². The Labute approximate surface area is 341 Å². The lowest BCUT2D eigenvalue weighted by Gasteiger charge is -2.35. The first-order valence-corrected chi connectivity index (χ1v) is 22.6. The fourth-order valence-corrected chi connectivity index (χ4v) is 10.5. The fraction of sp³-hybridized carbons (Fsp3) is 0.511. The summed E-state index contributed by atoms with van der Waals surface area (Å²) in [7, 11) is -2.21. The van der Waals surface area contributed by atoms with Crippen molar-refractivity contribution in [3.05, 3.63) is 72.8 Å². The Bertz CT molecular complexity index is 2190. The highest BCUT2D eigenvalue weighted by Crippen LogP contribution is 2.46. The van der Waals surface area contributed by atoms with E-state index in [1.807, 2.05) is 48.5 Å². The minimum Gasteiger partial charge on any atom is -0.496 e. The molecule has 3 heterocycles. The highest BCUT2D eigenvalue weighted by molar-refractivity contribution is 7.91. The molecule has 13 heteroatoms. The summed E-state index contributed by atoms with van der Waals surface area (Å²) < 4.78 is 40.7. The van der Waals surface area contributed by atoms with Gasteiger partial charge in [0, 0.05) is 41.0 Å². The molecule has 5 aliphatic rings. The van der Waals surface area contributed by atoms with Crippen LogP contribution in [0.2, 0.25) is 0 Å². The zero-order valence-electron chi connectivity index (χ0n) is 33.3. The first-order valence-electron chi connectivity index (χ1n) is 21.1. The van der Waals surface area contributed by atoms with Crippen LogP contribution in [-0.4, -0.2) is 85.2 Å². The number of allylic oxidation sites excluding steroid dienone is 1. The smallest absolute Gasteiger partial charge is 0.259 e. The summed E-state index contributed by atoms with van der Waals surface area (Å²) in [6.07, 6.45) is 15.5. The molecule has 0 spiro atoms. The number of fused-ring (bicyclic) bond motifs is 3. The van der Waals surface area contributed by atoms with Gasteiger partial charge in [0.2, 0.25) is 21.8 Å². The van der Waals surface area contributed by atoms with Crippen molar-refractivity contribution in [1.82, 2.24) is 25.2 Å². The Morgan fingerprint density at radius 1 is 1.03 bits per heavy atom. The van der Waals surface area contributed by atoms with Gasteiger partial charge in [-0.1, -0.05) is 74.2 Å². The third-order valence-electron chi connectivity index (χ3n) is 12.7. The van der Waals surface area contributed by atoms with Crippen molar-refractivity contribution in [2.24, 2.45) is 11.8 Å². The average Bonchev–Trinajstić information content (AvgIpc) is 4.17. The van der Waals surface area contributed by atoms with Crippen LogP contribution < -0.4 is 24.8 Å². The summed E-state index contributed by atoms with van der Waals surface area (Å²) in [5.74, 6) is -0.502. The van der Waals surface area contributed by atoms with Gasteiger partial charge in [-0.05, 0) is 69.9 Å². The zero-order chi connectivity index (χ0) is 40.4. The third kappa shape index (κ3) is 8.38. The molecule has 4 bridgehead atoms. The van der Waals surface area contributed by atoms with Gasteiger partial charge in [0.1, 0.15) is 29.2 Å². The number of nitrogens with one attached hydrogen (secondary N) is 3. The van der Waals surface area contributed by atoms with Crippen LogP contribution in [-0.2, 0) is 24.4 Å². The van der Waals surface area contributed by atoms with Crippen LogP contribution in [0.1, 0.15) is 89.0 Å². The van der Waals surface area contributed by atoms with Gasteiger partial charge >= 0.3 is 0 Å². The van der Waals surface area contributed by atoms with E-state index in [1.54, 1.807) is 18.1 Å². The van der Waals surface area contributed by atoms with Gasteiger partial charge in [0.25, 0.3) is 5.91 Å². The second-order valence-electron chi connectivity index (χ2n) is 16.7. The van der Waals surface area contributed by atoms with Gasteiger partial charge in [0.15, 0.2) is 0 Å². The van der Waals surface area contributed by atoms with E-state index in [9.17, 15) is 22.8 Å². The number of carbonyl (C=O) groups is 3. The largest absolute Gasteiger partial charge is 0.496 e. The topological polar surface area (TPSA) is 156 Å². The summed E-state index contributed by atoms with van der Waals surface area (Å²) in [6.45, 7) is 4.68. The molecule has 0 radical (unpaired) electrons. The number of hydrogen-bond donors (Lipinski definition) is 3. The summed E-state index contributed by atoms with van der Waals surface area (Å²) in [5, 5.41) is 6.75. The molecule has 3 aliphatic carbocycles. The second kappa shape index (κ2) is 16.8. The zero-order valence-corrected chi connectivity index (χ0v) is 34.1. The number of pyridine rings is 1. The van der Waals surface area contributed by atoms with Crippen LogP contribution in [0.15, 0.2) is 67.3 Å². The molecule has 3 aromatic rings. The first kappa shape index (κ1) is 40.0. The number of aromatic nitrogens is 1. The summed E-state index contributed by atoms with van der Waals surface area (Å²) in [6, 6.07) is 14.3. The van der Waals surface area contributed by atoms with Crippen LogP contribution in [0.25, 0.3) is 28.2 Å². The molecular weight excluding hydrogens is 755 g/mol. The quantitative estimate of drug-likeness (QED) is 0.219. The van der Waals surface area contributed by atoms with Gasteiger partial charge in [-0.3, -0.25) is 19.1 Å². The number of carbonyl (C=O) groups excluding carboxylic acids is 3. The number of rotatable bonds is 9. The van der Waals surface area contributed by atoms with Gasteiger partial charge in [-0.15, -0.1) is 6.58 Å². The molecule has 1 aromatic heterocycles. The lowest BCUT2D eigenvalue weighted by molar-refractivity contribution is -0.142. The molecule has 0 unspecified atom stereocenters. The number of hydrogen-bond acceptors (Lipinski definition) is 9. The predicted molar refractivity (Wildman–Crippen MR) is 223 cm³/mol. The number of benzene rings is 2. The Kier molecular flexibility index (Phi) is 11.6. The van der Waals surface area contributed by atoms with Gasteiger partial charge < -0.3 is 25.0 Å². The summed E-state index contributed by atoms with van der Waals surface area (Å²) in [4.78, 5) is 50.0. The number of sulfonamides is 1. The molecule has 2 aliphatic heterocycles. The molecule has 308 valence electrons. The number of ether oxygens (including phenoxy) is 2. The van der Waals surface area contributed by atoms with Crippen LogP contribution in [0.5, 0.6) is 11.5 Å². The lowest BCUT2D eigenvalue weighted by atomic mass is 9.83. The fourth-order valence-electron chi connectivity index (χ4n) is 9.11. The monoisotopic (exact) mass is 809 g/mol. The van der Waals surface area contributed by atoms with E-state index < -0.39 is 56.7 Å². The molecule has 5 atom stereocenters. The SMILES string of the molecule is C=C[C@@H]1C[C@]1(NC(=O)[C@@H]1C[C@@H]2CN1C(=O)[C@H](C1CCCCC1)NCCCCC/C=C\c1cc3c(cc(-c4ccccc4)nc3cc1OC)O2)C(=O)NS(=O)(=O)C1CC1. The molecule has 8 rings (SSSR count). The molecule has 4 fully saturated rings. The van der Waals surface area contributed by atoms with Gasteiger partial charge in [0.05, 0.1) is 36.2 Å². The van der Waals surface area contributed by atoms with E-state index in [-0.39, 0.29) is 31.2 Å². The van der Waals surface area contributed by atoms with Crippen LogP contribution in [0.4, 0.5) is 0 Å². The van der Waals surface area contributed by atoms with E-state index in [0.29, 0.717) is 42.1 Å². The second-order valence-corrected chi connectivity index (χ2v) is 18.7. The van der Waals surface area contributed by atoms with Crippen molar-refractivity contribution in [1.29, 1.82) is 0 Å². The standard InChI is InChI=1S/C45H55N5O7S/c1-3-32-27-45(32,44(53)49-58(54,55)34-20-21-34)48-42(51)38-24-33-28-50(38)43(52)41(30-17-12-8-13-18-30)46-22-14-6-4-5-9-19-31-23-35-37(26-39(31)56-2)47-36(25-40(35)57-33)29-15-10-7-11-16-29/h3,7,9-11,15-16,19,23,25-26,30,32-34,38,41,46H,1,4-6,8,12-14,17-18,20-22,24,27-28H2,2H3,(H,48,51)(H,49,53)/b19-9-/t32-,33-,38+,41+,45-/m1/s1. The van der Waals surface area contributed by atoms with E-state index >= 15 is 0 Å². The molecule has 3 amide bonds. The highest BCUT2D eigenvalue weighted by Gasteiger charge is 2.62. The minimum atomic E-state index is -3.86. The molecular formula is C45H55N5O7S. The predicted octanol–water partition coefficient (Wildman–Crippen LogP) is 6.05. The minimum absolute atomic E-state index is 0.128. The van der Waals surface area contributed by atoms with E-state index in [4.69, 9.17) is 14.5 Å². The lowest BCUT2D eigenvalue weighted by Crippen LogP contribution is -2.59. The van der Waals surface area contributed by atoms with Crippen molar-refractivity contribution in [2.45, 2.75) is 112 Å². The maximum Gasteiger partial charge on any atom is 0.259 e. The molecule has 3 N–H and O–H groups in total. The van der Waals surface area contributed by atoms with E-state index in [2.05, 4.69) is 34.1 Å². The van der Waals surface area contributed by atoms with Crippen LogP contribution in [0, 0.1) is 11.8 Å². The molecule has 3 saturated carbocycles. The maximum absolute atomic E-state index is 15.0. The number of amides is 3. The van der Waals surface area contributed by atoms with E-state index in [0.717, 1.165) is 74.3 Å². The first-order chi connectivity index (χ1) is 28.1. The van der Waals surface area contributed by atoms with Gasteiger partial charge in [-0.2, -0.15) is 0 Å². The highest BCUT2D eigenvalue weighted by atomic mass is 32.2. The Balaban J connectivity index is 1.17. The number of nitrogens with zero attached hydrogens (tertiary/aromatic N) is 2. The van der Waals surface area contributed by atoms with Crippen molar-refractivity contribution in [3.63, 3.8) is 0 Å². The maximum atomic E-state index is 15.0. The summed E-state index contributed by atoms with van der Waals surface area (Å²) in [5.41, 5.74) is 1.70. The van der Waals surface area contributed by atoms with Crippen molar-refractivity contribution in [2.75, 3.05) is 20.2 Å². The van der Waals surface area contributed by atoms with E-state index in [1.165, 1.54) is 0 Å². The molecule has 12 nitrogen and oxygen atoms in total. The third-order valence-corrected chi connectivity index (χ3v) is 14.5. The number of methoxy groups -OCH3 is 1. The van der Waals surface area contributed by atoms with Crippen LogP contribution in [0.3, 0.4) is 0 Å². The van der Waals surface area contributed by atoms with Crippen LogP contribution >= 0.6 is 0 Å². The average molecular weight is 810 g/mol. The normalized spacial score (nSPS) is 27.5. The molecule has 2 aromatic carbocycles. The Morgan fingerprint density at radius 3 is 2.53 bits per heavy atom. The van der Waals surface area contributed by atoms with Crippen molar-refractivity contribution >= 4 is 44.7 Å².